The number of benzene rings is 2. The van der Waals surface area contributed by atoms with E-state index in [9.17, 15) is 9.18 Å². The van der Waals surface area contributed by atoms with Crippen molar-refractivity contribution in [3.63, 3.8) is 0 Å². The Morgan fingerprint density at radius 3 is 2.59 bits per heavy atom. The second kappa shape index (κ2) is 8.73. The molecular weight excluding hydrogens is 371 g/mol. The minimum absolute atomic E-state index is 0.0298. The summed E-state index contributed by atoms with van der Waals surface area (Å²) in [5, 5.41) is 2.81. The molecular formula is C23H21FN2O3. The van der Waals surface area contributed by atoms with Crippen molar-refractivity contribution < 1.29 is 18.7 Å². The SMILES string of the molecule is O=C(COc1ccc2c(c1)CCC2)NCc1ccc(Oc2ccc(F)cc2)nc1. The number of halogens is 1. The third-order valence-corrected chi connectivity index (χ3v) is 4.76. The van der Waals surface area contributed by atoms with Crippen molar-refractivity contribution in [3.8, 4) is 17.4 Å². The van der Waals surface area contributed by atoms with Crippen molar-refractivity contribution in [2.24, 2.45) is 0 Å². The number of fused-ring (bicyclic) bond motifs is 1. The van der Waals surface area contributed by atoms with E-state index in [1.165, 1.54) is 41.8 Å². The van der Waals surface area contributed by atoms with E-state index < -0.39 is 0 Å². The van der Waals surface area contributed by atoms with Crippen LogP contribution in [0.2, 0.25) is 0 Å². The molecule has 0 atom stereocenters. The van der Waals surface area contributed by atoms with Crippen molar-refractivity contribution in [1.29, 1.82) is 0 Å². The van der Waals surface area contributed by atoms with Crippen LogP contribution < -0.4 is 14.8 Å². The Labute approximate surface area is 168 Å². The number of nitrogens with one attached hydrogen (secondary N) is 1. The van der Waals surface area contributed by atoms with Gasteiger partial charge in [0.05, 0.1) is 0 Å². The fourth-order valence-electron chi connectivity index (χ4n) is 3.24. The summed E-state index contributed by atoms with van der Waals surface area (Å²) >= 11 is 0. The maximum atomic E-state index is 12.9. The number of carbonyl (C=O) groups is 1. The van der Waals surface area contributed by atoms with Crippen LogP contribution in [-0.4, -0.2) is 17.5 Å². The van der Waals surface area contributed by atoms with Crippen LogP contribution in [0.1, 0.15) is 23.1 Å². The second-order valence-electron chi connectivity index (χ2n) is 6.91. The molecule has 0 saturated carbocycles. The Hall–Kier alpha value is -3.41. The average molecular weight is 392 g/mol. The number of rotatable bonds is 7. The standard InChI is InChI=1S/C23H21FN2O3/c24-19-6-9-20(10-7-19)29-23-11-4-16(14-26-23)13-25-22(27)15-28-21-8-5-17-2-1-3-18(17)12-21/h4-12,14H,1-3,13,15H2,(H,25,27). The molecule has 0 unspecified atom stereocenters. The van der Waals surface area contributed by atoms with E-state index >= 15 is 0 Å². The molecule has 1 aliphatic rings. The highest BCUT2D eigenvalue weighted by Crippen LogP contribution is 2.26. The first kappa shape index (κ1) is 18.9. The van der Waals surface area contributed by atoms with Gasteiger partial charge in [0.15, 0.2) is 6.61 Å². The smallest absolute Gasteiger partial charge is 0.258 e. The van der Waals surface area contributed by atoms with Gasteiger partial charge in [-0.05, 0) is 72.4 Å². The Bertz CT molecular complexity index is 988. The summed E-state index contributed by atoms with van der Waals surface area (Å²) < 4.78 is 24.1. The van der Waals surface area contributed by atoms with E-state index in [1.807, 2.05) is 18.2 Å². The molecule has 29 heavy (non-hydrogen) atoms. The van der Waals surface area contributed by atoms with Gasteiger partial charge in [0.1, 0.15) is 17.3 Å². The molecule has 3 aromatic rings. The molecule has 0 spiro atoms. The lowest BCUT2D eigenvalue weighted by molar-refractivity contribution is -0.123. The van der Waals surface area contributed by atoms with Crippen molar-refractivity contribution in [1.82, 2.24) is 10.3 Å². The molecule has 0 aliphatic heterocycles. The summed E-state index contributed by atoms with van der Waals surface area (Å²) in [5.41, 5.74) is 3.53. The van der Waals surface area contributed by atoms with E-state index in [0.717, 1.165) is 24.2 Å². The fraction of sp³-hybridized carbons (Fsp3) is 0.217. The zero-order valence-corrected chi connectivity index (χ0v) is 15.9. The highest BCUT2D eigenvalue weighted by molar-refractivity contribution is 5.77. The van der Waals surface area contributed by atoms with Crippen molar-refractivity contribution in [2.45, 2.75) is 25.8 Å². The van der Waals surface area contributed by atoms with Gasteiger partial charge < -0.3 is 14.8 Å². The maximum absolute atomic E-state index is 12.9. The first-order valence-electron chi connectivity index (χ1n) is 9.55. The lowest BCUT2D eigenvalue weighted by Crippen LogP contribution is -2.28. The minimum atomic E-state index is -0.323. The molecule has 148 valence electrons. The molecule has 1 N–H and O–H groups in total. The molecule has 0 fully saturated rings. The lowest BCUT2D eigenvalue weighted by Gasteiger charge is -2.09. The third kappa shape index (κ3) is 5.10. The Kier molecular flexibility index (Phi) is 5.70. The second-order valence-corrected chi connectivity index (χ2v) is 6.91. The Morgan fingerprint density at radius 2 is 1.79 bits per heavy atom. The summed E-state index contributed by atoms with van der Waals surface area (Å²) in [5.74, 6) is 1.11. The van der Waals surface area contributed by atoms with Crippen LogP contribution >= 0.6 is 0 Å². The quantitative estimate of drug-likeness (QED) is 0.655. The summed E-state index contributed by atoms with van der Waals surface area (Å²) in [6, 6.07) is 15.3. The number of hydrogen-bond donors (Lipinski definition) is 1. The molecule has 0 radical (unpaired) electrons. The molecule has 1 amide bonds. The summed E-state index contributed by atoms with van der Waals surface area (Å²) in [7, 11) is 0. The summed E-state index contributed by atoms with van der Waals surface area (Å²) in [4.78, 5) is 16.2. The zero-order chi connectivity index (χ0) is 20.1. The molecule has 4 rings (SSSR count). The van der Waals surface area contributed by atoms with E-state index in [2.05, 4.69) is 16.4 Å². The molecule has 0 saturated heterocycles. The zero-order valence-electron chi connectivity index (χ0n) is 15.9. The molecule has 6 heteroatoms. The lowest BCUT2D eigenvalue weighted by atomic mass is 10.1. The van der Waals surface area contributed by atoms with Crippen molar-refractivity contribution in [2.75, 3.05) is 6.61 Å². The fourth-order valence-corrected chi connectivity index (χ4v) is 3.24. The Balaban J connectivity index is 1.23. The van der Waals surface area contributed by atoms with E-state index in [-0.39, 0.29) is 18.3 Å². The van der Waals surface area contributed by atoms with Crippen LogP contribution in [0.3, 0.4) is 0 Å². The normalized spacial score (nSPS) is 12.3. The van der Waals surface area contributed by atoms with Gasteiger partial charge in [0.25, 0.3) is 5.91 Å². The molecule has 1 heterocycles. The third-order valence-electron chi connectivity index (χ3n) is 4.76. The van der Waals surface area contributed by atoms with Crippen LogP contribution in [0, 0.1) is 5.82 Å². The van der Waals surface area contributed by atoms with Crippen LogP contribution in [-0.2, 0) is 24.2 Å². The topological polar surface area (TPSA) is 60.5 Å². The van der Waals surface area contributed by atoms with Crippen LogP contribution in [0.15, 0.2) is 60.8 Å². The molecule has 1 aromatic heterocycles. The van der Waals surface area contributed by atoms with Crippen molar-refractivity contribution >= 4 is 5.91 Å². The molecule has 0 bridgehead atoms. The maximum Gasteiger partial charge on any atom is 0.258 e. The van der Waals surface area contributed by atoms with E-state index in [1.54, 1.807) is 12.3 Å². The van der Waals surface area contributed by atoms with Gasteiger partial charge in [0.2, 0.25) is 5.88 Å². The average Bonchev–Trinajstić information content (AvgIpc) is 3.21. The van der Waals surface area contributed by atoms with Gasteiger partial charge in [-0.2, -0.15) is 0 Å². The minimum Gasteiger partial charge on any atom is -0.484 e. The first-order valence-corrected chi connectivity index (χ1v) is 9.55. The summed E-state index contributed by atoms with van der Waals surface area (Å²) in [6.45, 7) is 0.314. The number of amides is 1. The number of carbonyl (C=O) groups excluding carboxylic acids is 1. The molecule has 2 aromatic carbocycles. The Morgan fingerprint density at radius 1 is 1.00 bits per heavy atom. The number of aromatic nitrogens is 1. The van der Waals surface area contributed by atoms with Gasteiger partial charge >= 0.3 is 0 Å². The van der Waals surface area contributed by atoms with Crippen molar-refractivity contribution in [3.05, 3.63) is 83.3 Å². The van der Waals surface area contributed by atoms with E-state index in [4.69, 9.17) is 9.47 Å². The molecule has 1 aliphatic carbocycles. The van der Waals surface area contributed by atoms with Gasteiger partial charge in [0, 0.05) is 18.8 Å². The molecule has 5 nitrogen and oxygen atoms in total. The number of pyridine rings is 1. The highest BCUT2D eigenvalue weighted by Gasteiger charge is 2.12. The van der Waals surface area contributed by atoms with Gasteiger partial charge in [-0.25, -0.2) is 9.37 Å². The van der Waals surface area contributed by atoms with E-state index in [0.29, 0.717) is 18.2 Å². The van der Waals surface area contributed by atoms with Gasteiger partial charge in [-0.3, -0.25) is 4.79 Å². The number of hydrogen-bond acceptors (Lipinski definition) is 4. The van der Waals surface area contributed by atoms with Gasteiger partial charge in [-0.15, -0.1) is 0 Å². The van der Waals surface area contributed by atoms with Gasteiger partial charge in [-0.1, -0.05) is 12.1 Å². The summed E-state index contributed by atoms with van der Waals surface area (Å²) in [6.07, 6.45) is 5.01. The predicted molar refractivity (Wildman–Crippen MR) is 107 cm³/mol. The van der Waals surface area contributed by atoms with Crippen LogP contribution in [0.25, 0.3) is 0 Å². The van der Waals surface area contributed by atoms with Crippen LogP contribution in [0.5, 0.6) is 17.4 Å². The number of ether oxygens (including phenoxy) is 2. The monoisotopic (exact) mass is 392 g/mol. The largest absolute Gasteiger partial charge is 0.484 e. The first-order chi connectivity index (χ1) is 14.2. The predicted octanol–water partition coefficient (Wildman–Crippen LogP) is 4.20. The number of nitrogens with zero attached hydrogens (tertiary/aromatic N) is 1. The highest BCUT2D eigenvalue weighted by atomic mass is 19.1. The van der Waals surface area contributed by atoms with Crippen LogP contribution in [0.4, 0.5) is 4.39 Å². The number of aryl methyl sites for hydroxylation is 2.